The van der Waals surface area contributed by atoms with Crippen LogP contribution in [0, 0.1) is 12.7 Å². The molecular formula is C29H34FN3O5S. The molecule has 0 aromatic heterocycles. The molecule has 208 valence electrons. The van der Waals surface area contributed by atoms with Crippen LogP contribution < -0.4 is 14.4 Å². The fourth-order valence-electron chi connectivity index (χ4n) is 4.11. The number of hydrogen-bond acceptors (Lipinski definition) is 5. The van der Waals surface area contributed by atoms with Gasteiger partial charge in [0.1, 0.15) is 24.2 Å². The first-order chi connectivity index (χ1) is 18.6. The number of carbonyl (C=O) groups excluding carboxylic acids is 2. The Morgan fingerprint density at radius 3 is 2.10 bits per heavy atom. The SMILES string of the molecule is CCOc1ccc(N(CC(=O)N(Cc2ccc(C)cc2)[C@@H](CC)C(=O)NC)S(=O)(=O)c2ccc(F)cc2)cc1. The van der Waals surface area contributed by atoms with Crippen LogP contribution in [0.15, 0.2) is 77.7 Å². The molecule has 0 aliphatic heterocycles. The Balaban J connectivity index is 2.05. The zero-order valence-corrected chi connectivity index (χ0v) is 23.4. The summed E-state index contributed by atoms with van der Waals surface area (Å²) in [6, 6.07) is 17.4. The third-order valence-electron chi connectivity index (χ3n) is 6.22. The lowest BCUT2D eigenvalue weighted by atomic mass is 10.1. The fraction of sp³-hybridized carbons (Fsp3) is 0.310. The number of benzene rings is 3. The zero-order valence-electron chi connectivity index (χ0n) is 22.6. The maximum atomic E-state index is 13.9. The number of carbonyl (C=O) groups is 2. The molecule has 0 saturated heterocycles. The van der Waals surface area contributed by atoms with Crippen molar-refractivity contribution in [1.82, 2.24) is 10.2 Å². The predicted molar refractivity (Wildman–Crippen MR) is 148 cm³/mol. The summed E-state index contributed by atoms with van der Waals surface area (Å²) in [5, 5.41) is 2.60. The van der Waals surface area contributed by atoms with Crippen LogP contribution >= 0.6 is 0 Å². The molecule has 10 heteroatoms. The normalized spacial score (nSPS) is 11.9. The van der Waals surface area contributed by atoms with E-state index in [2.05, 4.69) is 5.32 Å². The number of rotatable bonds is 12. The number of nitrogens with zero attached hydrogens (tertiary/aromatic N) is 2. The number of anilines is 1. The minimum atomic E-state index is -4.28. The van der Waals surface area contributed by atoms with Crippen molar-refractivity contribution in [1.29, 1.82) is 0 Å². The van der Waals surface area contributed by atoms with Crippen LogP contribution in [0.25, 0.3) is 0 Å². The van der Waals surface area contributed by atoms with E-state index in [9.17, 15) is 22.4 Å². The lowest BCUT2D eigenvalue weighted by Crippen LogP contribution is -2.51. The molecule has 3 aromatic rings. The fourth-order valence-corrected chi connectivity index (χ4v) is 5.53. The van der Waals surface area contributed by atoms with Crippen LogP contribution in [-0.2, 0) is 26.2 Å². The van der Waals surface area contributed by atoms with Crippen LogP contribution in [0.4, 0.5) is 10.1 Å². The molecule has 3 aromatic carbocycles. The van der Waals surface area contributed by atoms with E-state index in [-0.39, 0.29) is 23.0 Å². The van der Waals surface area contributed by atoms with Crippen LogP contribution in [0.2, 0.25) is 0 Å². The van der Waals surface area contributed by atoms with E-state index in [1.54, 1.807) is 31.2 Å². The molecule has 1 atom stereocenters. The minimum Gasteiger partial charge on any atom is -0.494 e. The first-order valence-electron chi connectivity index (χ1n) is 12.7. The molecule has 39 heavy (non-hydrogen) atoms. The van der Waals surface area contributed by atoms with Crippen molar-refractivity contribution in [2.75, 3.05) is 24.5 Å². The van der Waals surface area contributed by atoms with E-state index >= 15 is 0 Å². The number of ether oxygens (including phenoxy) is 1. The number of amides is 2. The smallest absolute Gasteiger partial charge is 0.264 e. The minimum absolute atomic E-state index is 0.110. The highest BCUT2D eigenvalue weighted by molar-refractivity contribution is 7.92. The third-order valence-corrected chi connectivity index (χ3v) is 8.01. The van der Waals surface area contributed by atoms with Crippen LogP contribution in [-0.4, -0.2) is 51.4 Å². The second-order valence-electron chi connectivity index (χ2n) is 8.94. The summed E-state index contributed by atoms with van der Waals surface area (Å²) >= 11 is 0. The summed E-state index contributed by atoms with van der Waals surface area (Å²) in [5.74, 6) is -0.964. The topological polar surface area (TPSA) is 96.0 Å². The molecule has 2 amide bonds. The standard InChI is InChI=1S/C29H34FN3O5S/c1-5-27(29(35)31-4)32(19-22-9-7-21(3)8-10-22)28(34)20-33(24-13-15-25(16-14-24)38-6-2)39(36,37)26-17-11-23(30)12-18-26/h7-18,27H,5-6,19-20H2,1-4H3,(H,31,35)/t27-/m0/s1. The third kappa shape index (κ3) is 7.35. The summed E-state index contributed by atoms with van der Waals surface area (Å²) in [6.07, 6.45) is 0.324. The first-order valence-corrected chi connectivity index (χ1v) is 14.1. The van der Waals surface area contributed by atoms with Gasteiger partial charge in [-0.05, 0) is 74.4 Å². The lowest BCUT2D eigenvalue weighted by Gasteiger charge is -2.33. The second-order valence-corrected chi connectivity index (χ2v) is 10.8. The van der Waals surface area contributed by atoms with Gasteiger partial charge in [-0.15, -0.1) is 0 Å². The predicted octanol–water partition coefficient (Wildman–Crippen LogP) is 4.28. The number of hydrogen-bond donors (Lipinski definition) is 1. The van der Waals surface area contributed by atoms with Crippen LogP contribution in [0.3, 0.4) is 0 Å². The Morgan fingerprint density at radius 1 is 0.949 bits per heavy atom. The average Bonchev–Trinajstić information content (AvgIpc) is 2.93. The van der Waals surface area contributed by atoms with Gasteiger partial charge in [0, 0.05) is 13.6 Å². The average molecular weight is 556 g/mol. The highest BCUT2D eigenvalue weighted by atomic mass is 32.2. The number of halogens is 1. The van der Waals surface area contributed by atoms with Crippen molar-refractivity contribution in [2.45, 2.75) is 44.7 Å². The van der Waals surface area contributed by atoms with E-state index in [0.29, 0.717) is 18.8 Å². The quantitative estimate of drug-likeness (QED) is 0.360. The van der Waals surface area contributed by atoms with Crippen molar-refractivity contribution in [2.24, 2.45) is 0 Å². The molecule has 0 aliphatic rings. The van der Waals surface area contributed by atoms with Gasteiger partial charge < -0.3 is 15.0 Å². The van der Waals surface area contributed by atoms with E-state index in [1.807, 2.05) is 38.1 Å². The van der Waals surface area contributed by atoms with E-state index in [1.165, 1.54) is 11.9 Å². The van der Waals surface area contributed by atoms with Crippen LogP contribution in [0.1, 0.15) is 31.4 Å². The molecule has 0 radical (unpaired) electrons. The molecule has 3 rings (SSSR count). The number of aryl methyl sites for hydroxylation is 1. The molecule has 0 aliphatic carbocycles. The van der Waals surface area contributed by atoms with Gasteiger partial charge in [-0.3, -0.25) is 13.9 Å². The van der Waals surface area contributed by atoms with Crippen molar-refractivity contribution in [3.8, 4) is 5.75 Å². The molecule has 8 nitrogen and oxygen atoms in total. The van der Waals surface area contributed by atoms with Gasteiger partial charge in [-0.2, -0.15) is 0 Å². The maximum Gasteiger partial charge on any atom is 0.264 e. The summed E-state index contributed by atoms with van der Waals surface area (Å²) in [5.41, 5.74) is 2.06. The summed E-state index contributed by atoms with van der Waals surface area (Å²) in [4.78, 5) is 27.8. The highest BCUT2D eigenvalue weighted by Crippen LogP contribution is 2.27. The Bertz CT molecular complexity index is 1360. The molecule has 1 N–H and O–H groups in total. The first kappa shape index (κ1) is 29.6. The molecule has 0 spiro atoms. The Labute approximate surface area is 229 Å². The van der Waals surface area contributed by atoms with Crippen LogP contribution in [0.5, 0.6) is 5.75 Å². The second kappa shape index (κ2) is 13.2. The van der Waals surface area contributed by atoms with E-state index in [0.717, 1.165) is 39.7 Å². The van der Waals surface area contributed by atoms with Gasteiger partial charge in [0.2, 0.25) is 11.8 Å². The van der Waals surface area contributed by atoms with Crippen molar-refractivity contribution in [3.05, 3.63) is 89.7 Å². The maximum absolute atomic E-state index is 13.9. The molecule has 0 heterocycles. The summed E-state index contributed by atoms with van der Waals surface area (Å²) < 4.78 is 47.5. The molecular weight excluding hydrogens is 521 g/mol. The van der Waals surface area contributed by atoms with Gasteiger partial charge in [0.05, 0.1) is 17.2 Å². The molecule has 0 unspecified atom stereocenters. The Hall–Kier alpha value is -3.92. The van der Waals surface area contributed by atoms with Crippen molar-refractivity contribution >= 4 is 27.5 Å². The van der Waals surface area contributed by atoms with E-state index < -0.39 is 34.3 Å². The van der Waals surface area contributed by atoms with E-state index in [4.69, 9.17) is 4.74 Å². The van der Waals surface area contributed by atoms with Crippen molar-refractivity contribution in [3.63, 3.8) is 0 Å². The largest absolute Gasteiger partial charge is 0.494 e. The highest BCUT2D eigenvalue weighted by Gasteiger charge is 2.33. The zero-order chi connectivity index (χ0) is 28.6. The molecule has 0 fully saturated rings. The molecule has 0 saturated carbocycles. The van der Waals surface area contributed by atoms with Gasteiger partial charge in [0.25, 0.3) is 10.0 Å². The number of nitrogens with one attached hydrogen (secondary N) is 1. The van der Waals surface area contributed by atoms with Gasteiger partial charge >= 0.3 is 0 Å². The summed E-state index contributed by atoms with van der Waals surface area (Å²) in [6.45, 7) is 5.53. The summed E-state index contributed by atoms with van der Waals surface area (Å²) in [7, 11) is -2.79. The van der Waals surface area contributed by atoms with Gasteiger partial charge in [-0.25, -0.2) is 12.8 Å². The van der Waals surface area contributed by atoms with Crippen molar-refractivity contribution < 1.29 is 27.1 Å². The Morgan fingerprint density at radius 2 is 1.56 bits per heavy atom. The number of likely N-dealkylation sites (N-methyl/N-ethyl adjacent to an activating group) is 1. The van der Waals surface area contributed by atoms with Gasteiger partial charge in [0.15, 0.2) is 0 Å². The molecule has 0 bridgehead atoms. The number of sulfonamides is 1. The Kier molecular flexibility index (Phi) is 10.1. The monoisotopic (exact) mass is 555 g/mol. The lowest BCUT2D eigenvalue weighted by molar-refractivity contribution is -0.140. The van der Waals surface area contributed by atoms with Gasteiger partial charge in [-0.1, -0.05) is 36.8 Å².